The molecule has 0 radical (unpaired) electrons. The first-order valence-corrected chi connectivity index (χ1v) is 5.60. The number of Topliss-reactive ketones (excluding diaryl/α,β-unsaturated/α-hetero) is 1. The highest BCUT2D eigenvalue weighted by Gasteiger charge is 2.14. The SMILES string of the molecule is CCOc1cc(I)cc(C=O)c1C(C)=O. The van der Waals surface area contributed by atoms with Crippen molar-refractivity contribution in [1.29, 1.82) is 0 Å². The molecule has 0 saturated heterocycles. The van der Waals surface area contributed by atoms with Crippen molar-refractivity contribution >= 4 is 34.7 Å². The minimum absolute atomic E-state index is 0.156. The molecule has 0 spiro atoms. The molecule has 3 nitrogen and oxygen atoms in total. The molecule has 0 saturated carbocycles. The van der Waals surface area contributed by atoms with Crippen LogP contribution in [0.1, 0.15) is 34.6 Å². The fourth-order valence-corrected chi connectivity index (χ4v) is 1.96. The van der Waals surface area contributed by atoms with E-state index in [1.807, 2.05) is 6.92 Å². The number of hydrogen-bond acceptors (Lipinski definition) is 3. The zero-order chi connectivity index (χ0) is 11.4. The fraction of sp³-hybridized carbons (Fsp3) is 0.273. The molecule has 1 aromatic rings. The summed E-state index contributed by atoms with van der Waals surface area (Å²) in [4.78, 5) is 22.2. The van der Waals surface area contributed by atoms with Gasteiger partial charge in [-0.05, 0) is 48.6 Å². The molecule has 0 amide bonds. The van der Waals surface area contributed by atoms with Crippen LogP contribution >= 0.6 is 22.6 Å². The van der Waals surface area contributed by atoms with Gasteiger partial charge in [-0.15, -0.1) is 0 Å². The molecule has 0 fully saturated rings. The first-order chi connectivity index (χ1) is 7.10. The summed E-state index contributed by atoms with van der Waals surface area (Å²) in [5.41, 5.74) is 0.755. The number of rotatable bonds is 4. The zero-order valence-corrected chi connectivity index (χ0v) is 10.7. The molecule has 1 aromatic carbocycles. The number of carbonyl (C=O) groups is 2. The number of ketones is 1. The summed E-state index contributed by atoms with van der Waals surface area (Å²) in [6, 6.07) is 3.43. The van der Waals surface area contributed by atoms with Crippen LogP contribution in [0, 0.1) is 3.57 Å². The Morgan fingerprint density at radius 3 is 2.67 bits per heavy atom. The highest BCUT2D eigenvalue weighted by atomic mass is 127. The Kier molecular flexibility index (Phi) is 4.26. The van der Waals surface area contributed by atoms with Crippen LogP contribution in [-0.4, -0.2) is 18.7 Å². The monoisotopic (exact) mass is 318 g/mol. The Balaban J connectivity index is 3.39. The van der Waals surface area contributed by atoms with Gasteiger partial charge in [0.15, 0.2) is 12.1 Å². The van der Waals surface area contributed by atoms with Crippen LogP contribution in [0.3, 0.4) is 0 Å². The van der Waals surface area contributed by atoms with Crippen LogP contribution in [0.4, 0.5) is 0 Å². The summed E-state index contributed by atoms with van der Waals surface area (Å²) in [5.74, 6) is 0.330. The summed E-state index contributed by atoms with van der Waals surface area (Å²) < 4.78 is 6.22. The molecule has 0 aliphatic carbocycles. The van der Waals surface area contributed by atoms with Crippen molar-refractivity contribution in [2.45, 2.75) is 13.8 Å². The summed E-state index contributed by atoms with van der Waals surface area (Å²) in [6.07, 6.45) is 0.682. The molecule has 80 valence electrons. The quantitative estimate of drug-likeness (QED) is 0.487. The normalized spacial score (nSPS) is 9.80. The van der Waals surface area contributed by atoms with Gasteiger partial charge in [-0.2, -0.15) is 0 Å². The van der Waals surface area contributed by atoms with E-state index >= 15 is 0 Å². The van der Waals surface area contributed by atoms with Crippen molar-refractivity contribution in [3.05, 3.63) is 26.8 Å². The molecule has 0 aromatic heterocycles. The minimum atomic E-state index is -0.156. The Hall–Kier alpha value is -0.910. The lowest BCUT2D eigenvalue weighted by Gasteiger charge is -2.10. The average molecular weight is 318 g/mol. The van der Waals surface area contributed by atoms with Crippen molar-refractivity contribution in [2.75, 3.05) is 6.61 Å². The lowest BCUT2D eigenvalue weighted by molar-refractivity contribution is 0.100. The van der Waals surface area contributed by atoms with Gasteiger partial charge >= 0.3 is 0 Å². The molecule has 0 bridgehead atoms. The van der Waals surface area contributed by atoms with E-state index in [9.17, 15) is 9.59 Å². The van der Waals surface area contributed by atoms with Crippen molar-refractivity contribution in [3.8, 4) is 5.75 Å². The van der Waals surface area contributed by atoms with Gasteiger partial charge in [0.2, 0.25) is 0 Å². The second kappa shape index (κ2) is 5.25. The van der Waals surface area contributed by atoms with Crippen LogP contribution in [0.5, 0.6) is 5.75 Å². The van der Waals surface area contributed by atoms with E-state index in [4.69, 9.17) is 4.74 Å². The first kappa shape index (κ1) is 12.2. The standard InChI is InChI=1S/C11H11IO3/c1-3-15-10-5-9(12)4-8(6-13)11(10)7(2)14/h4-6H,3H2,1-2H3. The van der Waals surface area contributed by atoms with Crippen LogP contribution in [0.25, 0.3) is 0 Å². The topological polar surface area (TPSA) is 43.4 Å². The maximum Gasteiger partial charge on any atom is 0.164 e. The van der Waals surface area contributed by atoms with Gasteiger partial charge in [0.1, 0.15) is 5.75 Å². The van der Waals surface area contributed by atoms with Gasteiger partial charge in [0.25, 0.3) is 0 Å². The average Bonchev–Trinajstić information content (AvgIpc) is 2.16. The molecule has 0 unspecified atom stereocenters. The highest BCUT2D eigenvalue weighted by Crippen LogP contribution is 2.25. The molecule has 0 N–H and O–H groups in total. The maximum atomic E-state index is 11.4. The van der Waals surface area contributed by atoms with Crippen molar-refractivity contribution in [2.24, 2.45) is 0 Å². The minimum Gasteiger partial charge on any atom is -0.493 e. The Morgan fingerprint density at radius 1 is 1.53 bits per heavy atom. The summed E-state index contributed by atoms with van der Waals surface area (Å²) in [5, 5.41) is 0. The predicted octanol–water partition coefficient (Wildman–Crippen LogP) is 2.71. The molecular weight excluding hydrogens is 307 g/mol. The van der Waals surface area contributed by atoms with E-state index in [1.165, 1.54) is 6.92 Å². The van der Waals surface area contributed by atoms with Gasteiger partial charge < -0.3 is 4.74 Å². The predicted molar refractivity (Wildman–Crippen MR) is 65.7 cm³/mol. The van der Waals surface area contributed by atoms with Crippen LogP contribution in [-0.2, 0) is 0 Å². The molecular formula is C11H11IO3. The third-order valence-corrected chi connectivity index (χ3v) is 2.50. The smallest absolute Gasteiger partial charge is 0.164 e. The van der Waals surface area contributed by atoms with E-state index in [2.05, 4.69) is 22.6 Å². The van der Waals surface area contributed by atoms with Crippen LogP contribution in [0.15, 0.2) is 12.1 Å². The second-order valence-electron chi connectivity index (χ2n) is 2.98. The van der Waals surface area contributed by atoms with E-state index < -0.39 is 0 Å². The van der Waals surface area contributed by atoms with E-state index in [0.717, 1.165) is 3.57 Å². The number of halogens is 1. The molecule has 15 heavy (non-hydrogen) atoms. The third kappa shape index (κ3) is 2.77. The molecule has 4 heteroatoms. The lowest BCUT2D eigenvalue weighted by atomic mass is 10.0. The largest absolute Gasteiger partial charge is 0.493 e. The lowest BCUT2D eigenvalue weighted by Crippen LogP contribution is -2.05. The number of benzene rings is 1. The summed E-state index contributed by atoms with van der Waals surface area (Å²) in [6.45, 7) is 3.74. The number of hydrogen-bond donors (Lipinski definition) is 0. The van der Waals surface area contributed by atoms with Crippen molar-refractivity contribution in [1.82, 2.24) is 0 Å². The van der Waals surface area contributed by atoms with Crippen molar-refractivity contribution in [3.63, 3.8) is 0 Å². The Labute approximate surface area is 102 Å². The first-order valence-electron chi connectivity index (χ1n) is 4.52. The van der Waals surface area contributed by atoms with Crippen molar-refractivity contribution < 1.29 is 14.3 Å². The van der Waals surface area contributed by atoms with Crippen LogP contribution < -0.4 is 4.74 Å². The molecule has 1 rings (SSSR count). The third-order valence-electron chi connectivity index (χ3n) is 1.88. The van der Waals surface area contributed by atoms with Gasteiger partial charge in [0, 0.05) is 9.13 Å². The number of aldehydes is 1. The second-order valence-corrected chi connectivity index (χ2v) is 4.22. The van der Waals surface area contributed by atoms with E-state index in [1.54, 1.807) is 12.1 Å². The van der Waals surface area contributed by atoms with Gasteiger partial charge in [0.05, 0.1) is 12.2 Å². The summed E-state index contributed by atoms with van der Waals surface area (Å²) >= 11 is 2.08. The highest BCUT2D eigenvalue weighted by molar-refractivity contribution is 14.1. The number of carbonyl (C=O) groups excluding carboxylic acids is 2. The van der Waals surface area contributed by atoms with Crippen LogP contribution in [0.2, 0.25) is 0 Å². The molecule has 0 atom stereocenters. The zero-order valence-electron chi connectivity index (χ0n) is 8.54. The molecule has 0 heterocycles. The Bertz CT molecular complexity index is 399. The van der Waals surface area contributed by atoms with Gasteiger partial charge in [-0.3, -0.25) is 9.59 Å². The Morgan fingerprint density at radius 2 is 2.20 bits per heavy atom. The maximum absolute atomic E-state index is 11.4. The molecule has 0 aliphatic heterocycles. The molecule has 0 aliphatic rings. The van der Waals surface area contributed by atoms with E-state index in [0.29, 0.717) is 29.8 Å². The number of ether oxygens (including phenoxy) is 1. The fourth-order valence-electron chi connectivity index (χ4n) is 1.34. The summed E-state index contributed by atoms with van der Waals surface area (Å²) in [7, 11) is 0. The van der Waals surface area contributed by atoms with Gasteiger partial charge in [-0.25, -0.2) is 0 Å². The van der Waals surface area contributed by atoms with E-state index in [-0.39, 0.29) is 5.78 Å². The van der Waals surface area contributed by atoms with Gasteiger partial charge in [-0.1, -0.05) is 0 Å².